The summed E-state index contributed by atoms with van der Waals surface area (Å²) < 4.78 is 12.8. The molecule has 3 amide bonds. The monoisotopic (exact) mass is 361 g/mol. The molecule has 2 aromatic rings. The third-order valence-electron chi connectivity index (χ3n) is 3.97. The van der Waals surface area contributed by atoms with E-state index < -0.39 is 5.82 Å². The number of nitrogens with zero attached hydrogens (tertiary/aromatic N) is 1. The molecule has 0 saturated carbocycles. The Kier molecular flexibility index (Phi) is 7.13. The van der Waals surface area contributed by atoms with Crippen molar-refractivity contribution in [1.29, 1.82) is 0 Å². The van der Waals surface area contributed by atoms with Crippen LogP contribution in [0.25, 0.3) is 0 Å². The molecule has 1 heterocycles. The minimum absolute atomic E-state index is 0.276. The average molecular weight is 361 g/mol. The van der Waals surface area contributed by atoms with Crippen LogP contribution < -0.4 is 16.0 Å². The zero-order valence-electron chi connectivity index (χ0n) is 15.0. The molecule has 0 atom stereocenters. The molecule has 0 aliphatic carbocycles. The van der Waals surface area contributed by atoms with Crippen molar-refractivity contribution in [1.82, 2.24) is 26.1 Å². The van der Waals surface area contributed by atoms with Gasteiger partial charge >= 0.3 is 6.03 Å². The number of aromatic nitrogens is 2. The van der Waals surface area contributed by atoms with Gasteiger partial charge in [0.25, 0.3) is 5.91 Å². The van der Waals surface area contributed by atoms with Crippen molar-refractivity contribution in [2.75, 3.05) is 19.6 Å². The summed E-state index contributed by atoms with van der Waals surface area (Å²) in [5, 5.41) is 15.2. The van der Waals surface area contributed by atoms with Crippen LogP contribution in [-0.2, 0) is 6.42 Å². The van der Waals surface area contributed by atoms with Crippen molar-refractivity contribution in [3.05, 3.63) is 52.6 Å². The van der Waals surface area contributed by atoms with E-state index in [9.17, 15) is 14.0 Å². The highest BCUT2D eigenvalue weighted by Crippen LogP contribution is 2.11. The maximum absolute atomic E-state index is 12.8. The smallest absolute Gasteiger partial charge is 0.314 e. The quantitative estimate of drug-likeness (QED) is 0.540. The van der Waals surface area contributed by atoms with E-state index in [1.807, 2.05) is 13.8 Å². The number of carbonyl (C=O) groups is 2. The Hall–Kier alpha value is -2.90. The summed E-state index contributed by atoms with van der Waals surface area (Å²) in [5.74, 6) is -0.698. The summed E-state index contributed by atoms with van der Waals surface area (Å²) in [5.41, 5.74) is 3.61. The number of hydrogen-bond donors (Lipinski definition) is 4. The second-order valence-electron chi connectivity index (χ2n) is 5.96. The second-order valence-corrected chi connectivity index (χ2v) is 5.96. The van der Waals surface area contributed by atoms with Crippen LogP contribution in [-0.4, -0.2) is 41.8 Å². The fraction of sp³-hybridized carbons (Fsp3) is 0.389. The largest absolute Gasteiger partial charge is 0.350 e. The van der Waals surface area contributed by atoms with E-state index in [1.165, 1.54) is 29.8 Å². The van der Waals surface area contributed by atoms with Crippen molar-refractivity contribution in [2.45, 2.75) is 26.7 Å². The molecule has 7 nitrogen and oxygen atoms in total. The van der Waals surface area contributed by atoms with Crippen LogP contribution in [0.5, 0.6) is 0 Å². The number of aryl methyl sites for hydroxylation is 2. The number of carbonyl (C=O) groups excluding carboxylic acids is 2. The van der Waals surface area contributed by atoms with Gasteiger partial charge in [0.2, 0.25) is 0 Å². The van der Waals surface area contributed by atoms with Gasteiger partial charge in [-0.15, -0.1) is 0 Å². The molecular formula is C18H24FN5O2. The standard InChI is InChI=1S/C18H24FN5O2/c1-12-16(13(2)24-23-12)4-3-9-21-18(26)22-11-10-20-17(25)14-5-7-15(19)8-6-14/h5-8H,3-4,9-11H2,1-2H3,(H,20,25)(H,23,24)(H2,21,22,26). The minimum Gasteiger partial charge on any atom is -0.350 e. The number of H-pyrrole nitrogens is 1. The summed E-state index contributed by atoms with van der Waals surface area (Å²) >= 11 is 0. The number of nitrogens with one attached hydrogen (secondary N) is 4. The Morgan fingerprint density at radius 1 is 1.04 bits per heavy atom. The summed E-state index contributed by atoms with van der Waals surface area (Å²) in [6.07, 6.45) is 1.66. The van der Waals surface area contributed by atoms with Crippen LogP contribution in [0.4, 0.5) is 9.18 Å². The van der Waals surface area contributed by atoms with Crippen LogP contribution in [0.1, 0.15) is 33.7 Å². The lowest BCUT2D eigenvalue weighted by Crippen LogP contribution is -2.40. The SMILES string of the molecule is Cc1n[nH]c(C)c1CCCNC(=O)NCCNC(=O)c1ccc(F)cc1. The van der Waals surface area contributed by atoms with Gasteiger partial charge in [0.05, 0.1) is 5.69 Å². The van der Waals surface area contributed by atoms with Gasteiger partial charge in [0.15, 0.2) is 0 Å². The number of benzene rings is 1. The third kappa shape index (κ3) is 5.87. The van der Waals surface area contributed by atoms with Gasteiger partial charge in [0.1, 0.15) is 5.82 Å². The van der Waals surface area contributed by atoms with Crippen molar-refractivity contribution in [2.24, 2.45) is 0 Å². The lowest BCUT2D eigenvalue weighted by molar-refractivity contribution is 0.0954. The molecule has 0 radical (unpaired) electrons. The molecule has 0 spiro atoms. The maximum Gasteiger partial charge on any atom is 0.314 e. The molecule has 0 aliphatic rings. The number of rotatable bonds is 8. The molecule has 8 heteroatoms. The molecular weight excluding hydrogens is 337 g/mol. The number of aromatic amines is 1. The zero-order valence-corrected chi connectivity index (χ0v) is 15.0. The molecule has 0 saturated heterocycles. The average Bonchev–Trinajstić information content (AvgIpc) is 2.94. The van der Waals surface area contributed by atoms with Crippen molar-refractivity contribution in [3.63, 3.8) is 0 Å². The van der Waals surface area contributed by atoms with E-state index in [0.29, 0.717) is 18.7 Å². The van der Waals surface area contributed by atoms with Gasteiger partial charge in [-0.3, -0.25) is 9.89 Å². The number of hydrogen-bond acceptors (Lipinski definition) is 3. The third-order valence-corrected chi connectivity index (χ3v) is 3.97. The van der Waals surface area contributed by atoms with Crippen LogP contribution >= 0.6 is 0 Å². The van der Waals surface area contributed by atoms with Gasteiger partial charge in [0, 0.05) is 30.9 Å². The number of amides is 3. The predicted octanol–water partition coefficient (Wildman–Crippen LogP) is 1.83. The Morgan fingerprint density at radius 2 is 1.69 bits per heavy atom. The molecule has 0 aliphatic heterocycles. The highest BCUT2D eigenvalue weighted by atomic mass is 19.1. The number of halogens is 1. The summed E-state index contributed by atoms with van der Waals surface area (Å²) in [4.78, 5) is 23.5. The number of urea groups is 1. The second kappa shape index (κ2) is 9.55. The minimum atomic E-state index is -0.391. The molecule has 0 bridgehead atoms. The summed E-state index contributed by atoms with van der Waals surface area (Å²) in [6, 6.07) is 5.00. The van der Waals surface area contributed by atoms with Gasteiger partial charge in [-0.2, -0.15) is 5.10 Å². The van der Waals surface area contributed by atoms with E-state index in [2.05, 4.69) is 26.1 Å². The topological polar surface area (TPSA) is 98.9 Å². The first-order valence-electron chi connectivity index (χ1n) is 8.53. The van der Waals surface area contributed by atoms with Crippen molar-refractivity contribution < 1.29 is 14.0 Å². The van der Waals surface area contributed by atoms with E-state index in [0.717, 1.165) is 24.2 Å². The summed E-state index contributed by atoms with van der Waals surface area (Å²) in [6.45, 7) is 5.09. The van der Waals surface area contributed by atoms with Gasteiger partial charge in [-0.25, -0.2) is 9.18 Å². The normalized spacial score (nSPS) is 10.4. The fourth-order valence-corrected chi connectivity index (χ4v) is 2.53. The zero-order chi connectivity index (χ0) is 18.9. The van der Waals surface area contributed by atoms with Crippen molar-refractivity contribution in [3.8, 4) is 0 Å². The summed E-state index contributed by atoms with van der Waals surface area (Å²) in [7, 11) is 0. The van der Waals surface area contributed by atoms with Crippen molar-refractivity contribution >= 4 is 11.9 Å². The first-order valence-corrected chi connectivity index (χ1v) is 8.53. The lowest BCUT2D eigenvalue weighted by atomic mass is 10.1. The highest BCUT2D eigenvalue weighted by Gasteiger charge is 2.07. The first kappa shape index (κ1) is 19.4. The molecule has 1 aromatic carbocycles. The molecule has 4 N–H and O–H groups in total. The van der Waals surface area contributed by atoms with Crippen LogP contribution in [0, 0.1) is 19.7 Å². The lowest BCUT2D eigenvalue weighted by Gasteiger charge is -2.09. The molecule has 2 rings (SSSR count). The maximum atomic E-state index is 12.8. The predicted molar refractivity (Wildman–Crippen MR) is 96.5 cm³/mol. The van der Waals surface area contributed by atoms with Gasteiger partial charge < -0.3 is 16.0 Å². The van der Waals surface area contributed by atoms with Crippen LogP contribution in [0.2, 0.25) is 0 Å². The Labute approximate surface area is 151 Å². The van der Waals surface area contributed by atoms with Gasteiger partial charge in [-0.1, -0.05) is 0 Å². The van der Waals surface area contributed by atoms with Crippen LogP contribution in [0.3, 0.4) is 0 Å². The van der Waals surface area contributed by atoms with E-state index in [4.69, 9.17) is 0 Å². The van der Waals surface area contributed by atoms with E-state index in [1.54, 1.807) is 0 Å². The molecule has 26 heavy (non-hydrogen) atoms. The Morgan fingerprint density at radius 3 is 2.35 bits per heavy atom. The Bertz CT molecular complexity index is 723. The fourth-order valence-electron chi connectivity index (χ4n) is 2.53. The van der Waals surface area contributed by atoms with E-state index in [-0.39, 0.29) is 18.5 Å². The molecule has 0 unspecified atom stereocenters. The van der Waals surface area contributed by atoms with Gasteiger partial charge in [-0.05, 0) is 56.5 Å². The van der Waals surface area contributed by atoms with Crippen LogP contribution in [0.15, 0.2) is 24.3 Å². The Balaban J connectivity index is 1.56. The molecule has 1 aromatic heterocycles. The first-order chi connectivity index (χ1) is 12.5. The highest BCUT2D eigenvalue weighted by molar-refractivity contribution is 5.94. The molecule has 140 valence electrons. The van der Waals surface area contributed by atoms with E-state index >= 15 is 0 Å². The molecule has 0 fully saturated rings.